The Labute approximate surface area is 138 Å². The summed E-state index contributed by atoms with van der Waals surface area (Å²) in [6.45, 7) is 2.40. The highest BCUT2D eigenvalue weighted by atomic mass is 14.4. The van der Waals surface area contributed by atoms with Gasteiger partial charge in [0.1, 0.15) is 0 Å². The zero-order valence-corrected chi connectivity index (χ0v) is 13.5. The van der Waals surface area contributed by atoms with E-state index in [4.69, 9.17) is 0 Å². The molecule has 0 spiro atoms. The summed E-state index contributed by atoms with van der Waals surface area (Å²) >= 11 is 0. The van der Waals surface area contributed by atoms with Crippen molar-refractivity contribution >= 4 is 0 Å². The van der Waals surface area contributed by atoms with E-state index < -0.39 is 0 Å². The number of hydrogen-bond donors (Lipinski definition) is 0. The van der Waals surface area contributed by atoms with Gasteiger partial charge in [0.2, 0.25) is 0 Å². The van der Waals surface area contributed by atoms with Gasteiger partial charge >= 0.3 is 0 Å². The van der Waals surface area contributed by atoms with Gasteiger partial charge in [-0.3, -0.25) is 0 Å². The molecule has 0 amide bonds. The third-order valence-corrected chi connectivity index (χ3v) is 5.39. The fraction of sp³-hybridized carbons (Fsp3) is 0.217. The molecule has 0 nitrogen and oxygen atoms in total. The molecule has 0 heterocycles. The van der Waals surface area contributed by atoms with Crippen LogP contribution in [-0.2, 0) is 6.42 Å². The van der Waals surface area contributed by atoms with Crippen molar-refractivity contribution in [3.63, 3.8) is 0 Å². The van der Waals surface area contributed by atoms with Crippen molar-refractivity contribution in [2.45, 2.75) is 25.2 Å². The Kier molecular flexibility index (Phi) is 3.75. The first-order valence-corrected chi connectivity index (χ1v) is 8.52. The minimum atomic E-state index is 0.458. The van der Waals surface area contributed by atoms with Crippen LogP contribution >= 0.6 is 0 Å². The maximum absolute atomic E-state index is 2.40. The monoisotopic (exact) mass is 298 g/mol. The molecule has 0 aromatic heterocycles. The lowest BCUT2D eigenvalue weighted by molar-refractivity contribution is 0.430. The average molecular weight is 298 g/mol. The summed E-state index contributed by atoms with van der Waals surface area (Å²) in [5.74, 6) is 1.67. The van der Waals surface area contributed by atoms with Crippen LogP contribution in [0.2, 0.25) is 0 Å². The topological polar surface area (TPSA) is 0 Å². The Balaban J connectivity index is 1.79. The third-order valence-electron chi connectivity index (χ3n) is 5.39. The Morgan fingerprint density at radius 2 is 1.22 bits per heavy atom. The first-order chi connectivity index (χ1) is 11.3. The lowest BCUT2D eigenvalue weighted by atomic mass is 9.75. The van der Waals surface area contributed by atoms with Crippen LogP contribution < -0.4 is 0 Å². The largest absolute Gasteiger partial charge is 0.0622 e. The lowest BCUT2D eigenvalue weighted by Gasteiger charge is -2.28. The van der Waals surface area contributed by atoms with Crippen LogP contribution in [0.5, 0.6) is 0 Å². The van der Waals surface area contributed by atoms with Gasteiger partial charge < -0.3 is 0 Å². The van der Waals surface area contributed by atoms with E-state index in [2.05, 4.69) is 91.9 Å². The average Bonchev–Trinajstić information content (AvgIpc) is 2.94. The summed E-state index contributed by atoms with van der Waals surface area (Å²) < 4.78 is 0. The number of fused-ring (bicyclic) bond motifs is 1. The predicted molar refractivity (Wildman–Crippen MR) is 96.8 cm³/mol. The van der Waals surface area contributed by atoms with Gasteiger partial charge in [-0.15, -0.1) is 0 Å². The molecule has 0 N–H and O–H groups in total. The van der Waals surface area contributed by atoms with Crippen LogP contribution in [0.3, 0.4) is 0 Å². The van der Waals surface area contributed by atoms with Gasteiger partial charge in [-0.25, -0.2) is 0 Å². The molecule has 0 fully saturated rings. The van der Waals surface area contributed by atoms with Crippen LogP contribution in [-0.4, -0.2) is 0 Å². The highest BCUT2D eigenvalue weighted by Crippen LogP contribution is 2.47. The molecule has 0 heteroatoms. The van der Waals surface area contributed by atoms with Crippen LogP contribution in [0.15, 0.2) is 84.9 Å². The minimum Gasteiger partial charge on any atom is -0.0622 e. The molecule has 3 aromatic carbocycles. The summed E-state index contributed by atoms with van der Waals surface area (Å²) in [6.07, 6.45) is 1.17. The van der Waals surface area contributed by atoms with Gasteiger partial charge in [-0.1, -0.05) is 91.9 Å². The van der Waals surface area contributed by atoms with Crippen molar-refractivity contribution in [1.82, 2.24) is 0 Å². The molecule has 1 aliphatic carbocycles. The van der Waals surface area contributed by atoms with E-state index in [1.165, 1.54) is 28.7 Å². The summed E-state index contributed by atoms with van der Waals surface area (Å²) in [5, 5.41) is 0. The molecule has 0 aliphatic heterocycles. The maximum Gasteiger partial charge on any atom is 0.0126 e. The van der Waals surface area contributed by atoms with Gasteiger partial charge in [-0.05, 0) is 40.5 Å². The molecular weight excluding hydrogens is 276 g/mol. The first kappa shape index (κ1) is 14.3. The molecule has 4 rings (SSSR count). The van der Waals surface area contributed by atoms with Gasteiger partial charge in [0.05, 0.1) is 0 Å². The van der Waals surface area contributed by atoms with Crippen LogP contribution in [0, 0.1) is 5.92 Å². The highest BCUT2D eigenvalue weighted by molar-refractivity contribution is 5.41. The van der Waals surface area contributed by atoms with Crippen molar-refractivity contribution in [3.8, 4) is 0 Å². The van der Waals surface area contributed by atoms with Gasteiger partial charge in [0, 0.05) is 5.92 Å². The first-order valence-electron chi connectivity index (χ1n) is 8.52. The molecule has 0 radical (unpaired) electrons. The molecule has 114 valence electrons. The number of benzene rings is 3. The van der Waals surface area contributed by atoms with Crippen molar-refractivity contribution in [1.29, 1.82) is 0 Å². The molecule has 2 unspecified atom stereocenters. The zero-order chi connectivity index (χ0) is 15.6. The van der Waals surface area contributed by atoms with E-state index in [1.807, 2.05) is 0 Å². The molecule has 3 aromatic rings. The number of hydrogen-bond acceptors (Lipinski definition) is 0. The molecule has 1 aliphatic rings. The van der Waals surface area contributed by atoms with E-state index >= 15 is 0 Å². The van der Waals surface area contributed by atoms with Crippen molar-refractivity contribution in [3.05, 3.63) is 107 Å². The second-order valence-corrected chi connectivity index (χ2v) is 6.65. The van der Waals surface area contributed by atoms with Gasteiger partial charge in [-0.2, -0.15) is 0 Å². The van der Waals surface area contributed by atoms with E-state index in [0.29, 0.717) is 17.8 Å². The summed E-state index contributed by atoms with van der Waals surface area (Å²) in [4.78, 5) is 0. The van der Waals surface area contributed by atoms with E-state index in [1.54, 1.807) is 0 Å². The van der Waals surface area contributed by atoms with Crippen molar-refractivity contribution in [2.24, 2.45) is 5.92 Å². The van der Waals surface area contributed by atoms with E-state index in [0.717, 1.165) is 0 Å². The molecule has 0 saturated carbocycles. The van der Waals surface area contributed by atoms with Gasteiger partial charge in [0.25, 0.3) is 0 Å². The Morgan fingerprint density at radius 3 is 1.78 bits per heavy atom. The predicted octanol–water partition coefficient (Wildman–Crippen LogP) is 5.79. The lowest BCUT2D eigenvalue weighted by Crippen LogP contribution is -2.17. The van der Waals surface area contributed by atoms with Crippen molar-refractivity contribution in [2.75, 3.05) is 0 Å². The quantitative estimate of drug-likeness (QED) is 0.573. The normalized spacial score (nSPS) is 19.7. The fourth-order valence-corrected chi connectivity index (χ4v) is 4.24. The van der Waals surface area contributed by atoms with Gasteiger partial charge in [0.15, 0.2) is 0 Å². The Morgan fingerprint density at radius 1 is 0.696 bits per heavy atom. The summed E-state index contributed by atoms with van der Waals surface area (Å²) in [6, 6.07) is 31.0. The number of rotatable bonds is 3. The molecule has 0 saturated heterocycles. The van der Waals surface area contributed by atoms with Crippen LogP contribution in [0.4, 0.5) is 0 Å². The second-order valence-electron chi connectivity index (χ2n) is 6.65. The maximum atomic E-state index is 2.40. The fourth-order valence-electron chi connectivity index (χ4n) is 4.24. The minimum absolute atomic E-state index is 0.458. The Hall–Kier alpha value is -2.34. The Bertz CT molecular complexity index is 734. The van der Waals surface area contributed by atoms with E-state index in [-0.39, 0.29) is 0 Å². The smallest absolute Gasteiger partial charge is 0.0126 e. The van der Waals surface area contributed by atoms with Crippen LogP contribution in [0.25, 0.3) is 0 Å². The summed E-state index contributed by atoms with van der Waals surface area (Å²) in [5.41, 5.74) is 5.93. The van der Waals surface area contributed by atoms with Crippen molar-refractivity contribution < 1.29 is 0 Å². The third kappa shape index (κ3) is 2.59. The summed E-state index contributed by atoms with van der Waals surface area (Å²) in [7, 11) is 0. The SMILES string of the molecule is CC1c2ccccc2CC1C(c1ccccc1)c1ccccc1. The van der Waals surface area contributed by atoms with E-state index in [9.17, 15) is 0 Å². The molecule has 0 bridgehead atoms. The standard InChI is InChI=1S/C23H22/c1-17-21-15-9-8-14-20(21)16-22(17)23(18-10-4-2-5-11-18)19-12-6-3-7-13-19/h2-15,17,22-23H,16H2,1H3. The second kappa shape index (κ2) is 6.04. The highest BCUT2D eigenvalue weighted by Gasteiger charge is 2.35. The zero-order valence-electron chi connectivity index (χ0n) is 13.5. The molecular formula is C23H22. The molecule has 2 atom stereocenters. The molecule has 23 heavy (non-hydrogen) atoms. The van der Waals surface area contributed by atoms with Crippen LogP contribution in [0.1, 0.15) is 41.0 Å².